The number of nitrogens with one attached hydrogen (secondary N) is 1. The summed E-state index contributed by atoms with van der Waals surface area (Å²) in [5.74, 6) is -1.18. The molecule has 2 rings (SSSR count). The molecule has 0 aliphatic rings. The first-order valence-electron chi connectivity index (χ1n) is 5.45. The number of nitrogens with zero attached hydrogens (tertiary/aromatic N) is 2. The number of anilines is 1. The van der Waals surface area contributed by atoms with Gasteiger partial charge in [0.2, 0.25) is 5.15 Å². The minimum absolute atomic E-state index is 0.222. The van der Waals surface area contributed by atoms with E-state index in [4.69, 9.17) is 11.6 Å². The summed E-state index contributed by atoms with van der Waals surface area (Å²) >= 11 is 7.48. The number of aromatic nitrogens is 1. The third kappa shape index (κ3) is 3.45. The number of halogens is 3. The Kier molecular flexibility index (Phi) is 4.68. The summed E-state index contributed by atoms with van der Waals surface area (Å²) in [7, 11) is 0. The van der Waals surface area contributed by atoms with E-state index in [1.54, 1.807) is 0 Å². The van der Waals surface area contributed by atoms with Crippen molar-refractivity contribution >= 4 is 51.5 Å². The van der Waals surface area contributed by atoms with Gasteiger partial charge in [-0.2, -0.15) is 0 Å². The van der Waals surface area contributed by atoms with E-state index in [1.807, 2.05) is 22.6 Å². The van der Waals surface area contributed by atoms with Crippen LogP contribution in [-0.2, 0) is 0 Å². The van der Waals surface area contributed by atoms with Crippen LogP contribution in [0.25, 0.3) is 0 Å². The van der Waals surface area contributed by atoms with E-state index in [9.17, 15) is 19.3 Å². The molecule has 0 bridgehead atoms. The van der Waals surface area contributed by atoms with Gasteiger partial charge in [-0.15, -0.1) is 0 Å². The maximum absolute atomic E-state index is 13.0. The van der Waals surface area contributed by atoms with Crippen molar-refractivity contribution in [1.29, 1.82) is 0 Å². The Labute approximate surface area is 136 Å². The van der Waals surface area contributed by atoms with E-state index in [1.165, 1.54) is 30.5 Å². The quantitative estimate of drug-likeness (QED) is 0.355. The lowest BCUT2D eigenvalue weighted by molar-refractivity contribution is -0.385. The maximum atomic E-state index is 13.0. The highest BCUT2D eigenvalue weighted by Gasteiger charge is 2.25. The number of nitro groups is 1. The van der Waals surface area contributed by atoms with Crippen LogP contribution in [0.5, 0.6) is 0 Å². The van der Waals surface area contributed by atoms with Gasteiger partial charge in [0.05, 0.1) is 10.6 Å². The van der Waals surface area contributed by atoms with Crippen molar-refractivity contribution in [2.45, 2.75) is 0 Å². The average Bonchev–Trinajstić information content (AvgIpc) is 2.41. The average molecular weight is 422 g/mol. The number of amides is 1. The SMILES string of the molecule is O=C(Nc1ccc(F)cc1I)c1ccnc(Cl)c1[N+](=O)[O-]. The van der Waals surface area contributed by atoms with Crippen molar-refractivity contribution in [3.63, 3.8) is 0 Å². The first kappa shape index (κ1) is 15.6. The highest BCUT2D eigenvalue weighted by Crippen LogP contribution is 2.27. The minimum atomic E-state index is -0.778. The second kappa shape index (κ2) is 6.31. The number of benzene rings is 1. The van der Waals surface area contributed by atoms with Crippen molar-refractivity contribution in [1.82, 2.24) is 4.98 Å². The van der Waals surface area contributed by atoms with Gasteiger partial charge in [0.15, 0.2) is 0 Å². The Hall–Kier alpha value is -1.81. The van der Waals surface area contributed by atoms with Crippen molar-refractivity contribution in [2.75, 3.05) is 5.32 Å². The molecule has 108 valence electrons. The number of hydrogen-bond acceptors (Lipinski definition) is 4. The van der Waals surface area contributed by atoms with E-state index >= 15 is 0 Å². The van der Waals surface area contributed by atoms with Gasteiger partial charge in [0.1, 0.15) is 11.4 Å². The Morgan fingerprint density at radius 3 is 2.76 bits per heavy atom. The molecular weight excluding hydrogens is 416 g/mol. The Balaban J connectivity index is 2.37. The zero-order chi connectivity index (χ0) is 15.6. The molecule has 0 saturated carbocycles. The molecule has 0 atom stereocenters. The molecule has 2 aromatic rings. The summed E-state index contributed by atoms with van der Waals surface area (Å²) in [6.07, 6.45) is 1.19. The minimum Gasteiger partial charge on any atom is -0.321 e. The molecular formula is C12H6ClFIN3O3. The number of rotatable bonds is 3. The van der Waals surface area contributed by atoms with Crippen LogP contribution in [0.15, 0.2) is 30.5 Å². The predicted octanol–water partition coefficient (Wildman–Crippen LogP) is 3.64. The molecule has 1 aromatic carbocycles. The maximum Gasteiger partial charge on any atom is 0.319 e. The monoisotopic (exact) mass is 421 g/mol. The lowest BCUT2D eigenvalue weighted by Gasteiger charge is -2.08. The normalized spacial score (nSPS) is 10.2. The standard InChI is InChI=1S/C12H6ClFIN3O3/c13-11-10(18(20)21)7(3-4-16-11)12(19)17-9-2-1-6(14)5-8(9)15/h1-5H,(H,17,19). The Morgan fingerprint density at radius 1 is 1.43 bits per heavy atom. The zero-order valence-electron chi connectivity index (χ0n) is 10.1. The molecule has 0 aliphatic heterocycles. The molecule has 1 heterocycles. The van der Waals surface area contributed by atoms with Crippen molar-refractivity contribution in [2.24, 2.45) is 0 Å². The van der Waals surface area contributed by atoms with Crippen molar-refractivity contribution < 1.29 is 14.1 Å². The van der Waals surface area contributed by atoms with Gasteiger partial charge in [0.25, 0.3) is 5.91 Å². The number of carbonyl (C=O) groups is 1. The van der Waals surface area contributed by atoms with Crippen LogP contribution in [-0.4, -0.2) is 15.8 Å². The van der Waals surface area contributed by atoms with Crippen LogP contribution in [0.2, 0.25) is 5.15 Å². The van der Waals surface area contributed by atoms with Gasteiger partial charge in [-0.3, -0.25) is 14.9 Å². The van der Waals surface area contributed by atoms with Gasteiger partial charge in [0, 0.05) is 9.77 Å². The summed E-state index contributed by atoms with van der Waals surface area (Å²) < 4.78 is 13.5. The lowest BCUT2D eigenvalue weighted by Crippen LogP contribution is -2.15. The largest absolute Gasteiger partial charge is 0.321 e. The molecule has 1 amide bonds. The molecule has 0 fully saturated rings. The first-order chi connectivity index (χ1) is 9.90. The summed E-state index contributed by atoms with van der Waals surface area (Å²) in [5.41, 5.74) is -0.460. The second-order valence-corrected chi connectivity index (χ2v) is 5.35. The van der Waals surface area contributed by atoms with Gasteiger partial charge >= 0.3 is 5.69 Å². The van der Waals surface area contributed by atoms with Crippen LogP contribution in [0, 0.1) is 19.5 Å². The van der Waals surface area contributed by atoms with E-state index in [0.717, 1.165) is 0 Å². The molecule has 9 heteroatoms. The van der Waals surface area contributed by atoms with Crippen molar-refractivity contribution in [3.05, 3.63) is 60.7 Å². The molecule has 0 radical (unpaired) electrons. The van der Waals surface area contributed by atoms with Crippen LogP contribution in [0.4, 0.5) is 15.8 Å². The molecule has 21 heavy (non-hydrogen) atoms. The molecule has 1 aromatic heterocycles. The van der Waals surface area contributed by atoms with Crippen LogP contribution < -0.4 is 5.32 Å². The summed E-state index contributed by atoms with van der Waals surface area (Å²) in [5, 5.41) is 13.1. The predicted molar refractivity (Wildman–Crippen MR) is 83.0 cm³/mol. The number of carbonyl (C=O) groups excluding carboxylic acids is 1. The summed E-state index contributed by atoms with van der Waals surface area (Å²) in [4.78, 5) is 25.9. The molecule has 1 N–H and O–H groups in total. The van der Waals surface area contributed by atoms with Gasteiger partial charge < -0.3 is 5.32 Å². The van der Waals surface area contributed by atoms with Crippen molar-refractivity contribution in [3.8, 4) is 0 Å². The smallest absolute Gasteiger partial charge is 0.319 e. The van der Waals surface area contributed by atoms with E-state index in [0.29, 0.717) is 9.26 Å². The molecule has 6 nitrogen and oxygen atoms in total. The second-order valence-electron chi connectivity index (χ2n) is 3.83. The van der Waals surface area contributed by atoms with Gasteiger partial charge in [-0.05, 0) is 46.9 Å². The zero-order valence-corrected chi connectivity index (χ0v) is 13.1. The van der Waals surface area contributed by atoms with E-state index in [2.05, 4.69) is 10.3 Å². The summed E-state index contributed by atoms with van der Waals surface area (Å²) in [6.45, 7) is 0. The highest BCUT2D eigenvalue weighted by atomic mass is 127. The van der Waals surface area contributed by atoms with Crippen LogP contribution >= 0.6 is 34.2 Å². The third-order valence-electron chi connectivity index (χ3n) is 2.49. The number of pyridine rings is 1. The fourth-order valence-electron chi connectivity index (χ4n) is 1.57. The Bertz CT molecular complexity index is 742. The molecule has 0 saturated heterocycles. The van der Waals surface area contributed by atoms with Crippen LogP contribution in [0.1, 0.15) is 10.4 Å². The third-order valence-corrected chi connectivity index (χ3v) is 3.66. The van der Waals surface area contributed by atoms with Gasteiger partial charge in [-0.1, -0.05) is 11.6 Å². The van der Waals surface area contributed by atoms with E-state index in [-0.39, 0.29) is 10.7 Å². The summed E-state index contributed by atoms with van der Waals surface area (Å²) in [6, 6.07) is 4.95. The number of hydrogen-bond donors (Lipinski definition) is 1. The topological polar surface area (TPSA) is 85.1 Å². The Morgan fingerprint density at radius 2 is 2.14 bits per heavy atom. The lowest BCUT2D eigenvalue weighted by atomic mass is 10.2. The fraction of sp³-hybridized carbons (Fsp3) is 0. The van der Waals surface area contributed by atoms with Crippen LogP contribution in [0.3, 0.4) is 0 Å². The fourth-order valence-corrected chi connectivity index (χ4v) is 2.41. The molecule has 0 aliphatic carbocycles. The molecule has 0 spiro atoms. The van der Waals surface area contributed by atoms with E-state index < -0.39 is 22.3 Å². The van der Waals surface area contributed by atoms with Gasteiger partial charge in [-0.25, -0.2) is 9.37 Å². The first-order valence-corrected chi connectivity index (χ1v) is 6.91. The highest BCUT2D eigenvalue weighted by molar-refractivity contribution is 14.1. The molecule has 0 unspecified atom stereocenters.